The van der Waals surface area contributed by atoms with Gasteiger partial charge in [-0.2, -0.15) is 0 Å². The molecule has 1 atom stereocenters. The quantitative estimate of drug-likeness (QED) is 0.775. The van der Waals surface area contributed by atoms with E-state index < -0.39 is 0 Å². The molecule has 1 N–H and O–H groups in total. The number of hydrogen-bond donors (Lipinski definition) is 1. The second kappa shape index (κ2) is 7.00. The van der Waals surface area contributed by atoms with Crippen LogP contribution in [0.5, 0.6) is 11.5 Å². The number of nitrogens with one attached hydrogen (secondary N) is 1. The molecule has 0 bridgehead atoms. The van der Waals surface area contributed by atoms with Crippen molar-refractivity contribution < 1.29 is 9.47 Å². The molecule has 0 saturated carbocycles. The fourth-order valence-corrected chi connectivity index (χ4v) is 2.46. The standard InChI is InChI=1S/C15H16BrClN2O2/c1-9(19-10-6-13(16)15(17)18-8-10)12-5-4-11(20-2)7-14(12)21-3/h4-9,19H,1-3H3. The Bertz CT molecular complexity index is 637. The lowest BCUT2D eigenvalue weighted by molar-refractivity contribution is 0.390. The van der Waals surface area contributed by atoms with Crippen molar-refractivity contribution in [3.05, 3.63) is 45.7 Å². The highest BCUT2D eigenvalue weighted by molar-refractivity contribution is 9.10. The zero-order valence-corrected chi connectivity index (χ0v) is 14.3. The van der Waals surface area contributed by atoms with Gasteiger partial charge in [-0.3, -0.25) is 0 Å². The van der Waals surface area contributed by atoms with E-state index in [2.05, 4.69) is 26.2 Å². The molecular formula is C15H16BrClN2O2. The zero-order chi connectivity index (χ0) is 15.4. The number of anilines is 1. The number of aromatic nitrogens is 1. The molecule has 1 aromatic heterocycles. The maximum Gasteiger partial charge on any atom is 0.143 e. The molecule has 0 fully saturated rings. The lowest BCUT2D eigenvalue weighted by Gasteiger charge is -2.19. The summed E-state index contributed by atoms with van der Waals surface area (Å²) in [5.74, 6) is 1.54. The zero-order valence-electron chi connectivity index (χ0n) is 12.0. The maximum absolute atomic E-state index is 5.90. The van der Waals surface area contributed by atoms with Gasteiger partial charge in [-0.1, -0.05) is 11.6 Å². The summed E-state index contributed by atoms with van der Waals surface area (Å²) < 4.78 is 11.4. The van der Waals surface area contributed by atoms with Crippen LogP contribution in [0.3, 0.4) is 0 Å². The number of hydrogen-bond acceptors (Lipinski definition) is 4. The Morgan fingerprint density at radius 3 is 2.62 bits per heavy atom. The Morgan fingerprint density at radius 2 is 2.00 bits per heavy atom. The first-order valence-corrected chi connectivity index (χ1v) is 7.51. The fourth-order valence-electron chi connectivity index (χ4n) is 2.00. The minimum absolute atomic E-state index is 0.0423. The largest absolute Gasteiger partial charge is 0.497 e. The molecule has 2 aromatic rings. The first-order chi connectivity index (χ1) is 10.0. The van der Waals surface area contributed by atoms with E-state index in [0.717, 1.165) is 27.2 Å². The molecule has 1 heterocycles. The summed E-state index contributed by atoms with van der Waals surface area (Å²) in [6.45, 7) is 2.05. The molecule has 0 spiro atoms. The molecule has 2 rings (SSSR count). The van der Waals surface area contributed by atoms with Crippen LogP contribution in [-0.4, -0.2) is 19.2 Å². The maximum atomic E-state index is 5.90. The highest BCUT2D eigenvalue weighted by atomic mass is 79.9. The minimum atomic E-state index is 0.0423. The van der Waals surface area contributed by atoms with E-state index in [9.17, 15) is 0 Å². The van der Waals surface area contributed by atoms with Gasteiger partial charge in [0.15, 0.2) is 0 Å². The van der Waals surface area contributed by atoms with Crippen molar-refractivity contribution in [2.75, 3.05) is 19.5 Å². The summed E-state index contributed by atoms with van der Waals surface area (Å²) in [6, 6.07) is 7.69. The van der Waals surface area contributed by atoms with E-state index in [0.29, 0.717) is 5.15 Å². The van der Waals surface area contributed by atoms with E-state index in [-0.39, 0.29) is 6.04 Å². The van der Waals surface area contributed by atoms with Gasteiger partial charge in [0.25, 0.3) is 0 Å². The number of ether oxygens (including phenoxy) is 2. The Hall–Kier alpha value is -1.46. The van der Waals surface area contributed by atoms with Crippen LogP contribution in [0, 0.1) is 0 Å². The highest BCUT2D eigenvalue weighted by Gasteiger charge is 2.13. The van der Waals surface area contributed by atoms with E-state index >= 15 is 0 Å². The van der Waals surface area contributed by atoms with E-state index in [4.69, 9.17) is 21.1 Å². The second-order valence-corrected chi connectivity index (χ2v) is 5.68. The molecule has 6 heteroatoms. The number of benzene rings is 1. The van der Waals surface area contributed by atoms with Crippen molar-refractivity contribution in [3.8, 4) is 11.5 Å². The van der Waals surface area contributed by atoms with Crippen LogP contribution in [0.25, 0.3) is 0 Å². The molecule has 112 valence electrons. The summed E-state index contributed by atoms with van der Waals surface area (Å²) in [7, 11) is 3.28. The topological polar surface area (TPSA) is 43.4 Å². The molecular weight excluding hydrogens is 356 g/mol. The Morgan fingerprint density at radius 1 is 1.24 bits per heavy atom. The van der Waals surface area contributed by atoms with Crippen LogP contribution < -0.4 is 14.8 Å². The predicted octanol–water partition coefficient (Wildman–Crippen LogP) is 4.69. The van der Waals surface area contributed by atoms with Gasteiger partial charge in [0.2, 0.25) is 0 Å². The van der Waals surface area contributed by atoms with E-state index in [1.54, 1.807) is 20.4 Å². The lowest BCUT2D eigenvalue weighted by atomic mass is 10.1. The summed E-state index contributed by atoms with van der Waals surface area (Å²) in [5, 5.41) is 3.81. The van der Waals surface area contributed by atoms with Crippen molar-refractivity contribution in [2.45, 2.75) is 13.0 Å². The molecule has 21 heavy (non-hydrogen) atoms. The van der Waals surface area contributed by atoms with Gasteiger partial charge >= 0.3 is 0 Å². The third-order valence-corrected chi connectivity index (χ3v) is 4.22. The predicted molar refractivity (Wildman–Crippen MR) is 88.5 cm³/mol. The van der Waals surface area contributed by atoms with Crippen LogP contribution >= 0.6 is 27.5 Å². The number of halogens is 2. The summed E-state index contributed by atoms with van der Waals surface area (Å²) in [6.07, 6.45) is 1.69. The van der Waals surface area contributed by atoms with Crippen LogP contribution in [0.4, 0.5) is 5.69 Å². The van der Waals surface area contributed by atoms with Crippen molar-refractivity contribution in [1.29, 1.82) is 0 Å². The third kappa shape index (κ3) is 3.80. The SMILES string of the molecule is COc1ccc(C(C)Nc2cnc(Cl)c(Br)c2)c(OC)c1. The third-order valence-electron chi connectivity index (χ3n) is 3.09. The van der Waals surface area contributed by atoms with E-state index in [1.165, 1.54) is 0 Å². The average molecular weight is 372 g/mol. The Kier molecular flexibility index (Phi) is 5.31. The van der Waals surface area contributed by atoms with Crippen molar-refractivity contribution >= 4 is 33.2 Å². The van der Waals surface area contributed by atoms with Crippen molar-refractivity contribution in [1.82, 2.24) is 4.98 Å². The molecule has 0 aliphatic carbocycles. The normalized spacial score (nSPS) is 11.9. The van der Waals surface area contributed by atoms with Crippen LogP contribution in [0.1, 0.15) is 18.5 Å². The first-order valence-electron chi connectivity index (χ1n) is 6.34. The van der Waals surface area contributed by atoms with Gasteiger partial charge in [-0.05, 0) is 41.1 Å². The molecule has 0 aliphatic heterocycles. The highest BCUT2D eigenvalue weighted by Crippen LogP contribution is 2.32. The molecule has 0 aliphatic rings. The van der Waals surface area contributed by atoms with Crippen molar-refractivity contribution in [2.24, 2.45) is 0 Å². The molecule has 0 radical (unpaired) electrons. The Balaban J connectivity index is 2.23. The van der Waals surface area contributed by atoms with Gasteiger partial charge in [-0.25, -0.2) is 4.98 Å². The first kappa shape index (κ1) is 15.9. The van der Waals surface area contributed by atoms with Gasteiger partial charge in [0, 0.05) is 11.6 Å². The molecule has 1 unspecified atom stereocenters. The number of methoxy groups -OCH3 is 2. The van der Waals surface area contributed by atoms with Gasteiger partial charge in [-0.15, -0.1) is 0 Å². The molecule has 0 saturated heterocycles. The van der Waals surface area contributed by atoms with Crippen molar-refractivity contribution in [3.63, 3.8) is 0 Å². The second-order valence-electron chi connectivity index (χ2n) is 4.47. The monoisotopic (exact) mass is 370 g/mol. The van der Waals surface area contributed by atoms with Crippen LogP contribution in [-0.2, 0) is 0 Å². The van der Waals surface area contributed by atoms with Gasteiger partial charge < -0.3 is 14.8 Å². The number of nitrogens with zero attached hydrogens (tertiary/aromatic N) is 1. The minimum Gasteiger partial charge on any atom is -0.497 e. The van der Waals surface area contributed by atoms with Crippen LogP contribution in [0.15, 0.2) is 34.9 Å². The summed E-state index contributed by atoms with van der Waals surface area (Å²) >= 11 is 9.26. The fraction of sp³-hybridized carbons (Fsp3) is 0.267. The summed E-state index contributed by atoms with van der Waals surface area (Å²) in [5.41, 5.74) is 1.90. The Labute approximate surface area is 137 Å². The molecule has 0 amide bonds. The lowest BCUT2D eigenvalue weighted by Crippen LogP contribution is -2.08. The smallest absolute Gasteiger partial charge is 0.143 e. The van der Waals surface area contributed by atoms with Gasteiger partial charge in [0.1, 0.15) is 16.7 Å². The molecule has 1 aromatic carbocycles. The van der Waals surface area contributed by atoms with Gasteiger partial charge in [0.05, 0.1) is 36.6 Å². The summed E-state index contributed by atoms with van der Waals surface area (Å²) in [4.78, 5) is 4.10. The number of rotatable bonds is 5. The average Bonchev–Trinajstić information content (AvgIpc) is 2.50. The molecule has 4 nitrogen and oxygen atoms in total. The van der Waals surface area contributed by atoms with Crippen LogP contribution in [0.2, 0.25) is 5.15 Å². The van der Waals surface area contributed by atoms with E-state index in [1.807, 2.05) is 31.2 Å². The number of pyridine rings is 1.